The van der Waals surface area contributed by atoms with E-state index in [0.717, 1.165) is 19.5 Å². The normalized spacial score (nSPS) is 23.1. The second-order valence-electron chi connectivity index (χ2n) is 3.71. The molecular weight excluding hydrogens is 262 g/mol. The van der Waals surface area contributed by atoms with Gasteiger partial charge in [-0.15, -0.1) is 11.3 Å². The van der Waals surface area contributed by atoms with Crippen molar-refractivity contribution in [2.75, 3.05) is 13.2 Å². The molecule has 78 valence electrons. The van der Waals surface area contributed by atoms with E-state index < -0.39 is 0 Å². The number of hydrogen-bond acceptors (Lipinski definition) is 3. The molecule has 1 saturated heterocycles. The lowest BCUT2D eigenvalue weighted by Gasteiger charge is -2.21. The Kier molecular flexibility index (Phi) is 3.60. The molecule has 2 heterocycles. The highest BCUT2D eigenvalue weighted by atomic mass is 79.9. The summed E-state index contributed by atoms with van der Waals surface area (Å²) in [5, 5.41) is 11.3. The summed E-state index contributed by atoms with van der Waals surface area (Å²) in [6.07, 6.45) is 2.36. The van der Waals surface area contributed by atoms with Crippen LogP contribution in [0.5, 0.6) is 0 Å². The first-order valence-electron chi connectivity index (χ1n) is 4.87. The number of halogens is 1. The summed E-state index contributed by atoms with van der Waals surface area (Å²) >= 11 is 5.19. The van der Waals surface area contributed by atoms with Gasteiger partial charge in [-0.05, 0) is 52.3 Å². The van der Waals surface area contributed by atoms with Crippen LogP contribution in [0.2, 0.25) is 0 Å². The maximum Gasteiger partial charge on any atom is 0.0701 e. The van der Waals surface area contributed by atoms with E-state index in [2.05, 4.69) is 32.3 Å². The lowest BCUT2D eigenvalue weighted by atomic mass is 10.2. The standard InChI is InChI=1S/C10H14BrNOS/c11-10-4-8(7-14-10)5-12-3-1-2-9(12)6-13/h4,7,9,13H,1-3,5-6H2/t9-/m1/s1. The van der Waals surface area contributed by atoms with E-state index in [0.29, 0.717) is 12.6 Å². The van der Waals surface area contributed by atoms with Crippen molar-refractivity contribution in [2.24, 2.45) is 0 Å². The molecule has 4 heteroatoms. The van der Waals surface area contributed by atoms with Crippen LogP contribution in [0.15, 0.2) is 15.2 Å². The smallest absolute Gasteiger partial charge is 0.0701 e. The zero-order chi connectivity index (χ0) is 9.97. The molecule has 2 nitrogen and oxygen atoms in total. The second-order valence-corrected chi connectivity index (χ2v) is 6.00. The van der Waals surface area contributed by atoms with Gasteiger partial charge < -0.3 is 5.11 Å². The van der Waals surface area contributed by atoms with Gasteiger partial charge in [0.1, 0.15) is 0 Å². The maximum absolute atomic E-state index is 9.17. The molecule has 1 aliphatic rings. The maximum atomic E-state index is 9.17. The van der Waals surface area contributed by atoms with Crippen LogP contribution in [-0.4, -0.2) is 29.2 Å². The lowest BCUT2D eigenvalue weighted by molar-refractivity contribution is 0.154. The zero-order valence-electron chi connectivity index (χ0n) is 7.95. The third-order valence-corrected chi connectivity index (χ3v) is 4.27. The Labute approximate surface area is 96.7 Å². The molecule has 0 bridgehead atoms. The van der Waals surface area contributed by atoms with Gasteiger partial charge in [0.2, 0.25) is 0 Å². The topological polar surface area (TPSA) is 23.5 Å². The molecule has 0 radical (unpaired) electrons. The minimum Gasteiger partial charge on any atom is -0.395 e. The third kappa shape index (κ3) is 2.37. The molecule has 1 aliphatic heterocycles. The highest BCUT2D eigenvalue weighted by Gasteiger charge is 2.23. The van der Waals surface area contributed by atoms with E-state index in [4.69, 9.17) is 0 Å². The third-order valence-electron chi connectivity index (χ3n) is 2.72. The Hall–Kier alpha value is 0.100. The second kappa shape index (κ2) is 4.75. The highest BCUT2D eigenvalue weighted by Crippen LogP contribution is 2.25. The summed E-state index contributed by atoms with van der Waals surface area (Å²) in [4.78, 5) is 2.37. The summed E-state index contributed by atoms with van der Waals surface area (Å²) in [6.45, 7) is 2.40. The average Bonchev–Trinajstić information content (AvgIpc) is 2.76. The van der Waals surface area contributed by atoms with E-state index in [-0.39, 0.29) is 0 Å². The van der Waals surface area contributed by atoms with Crippen LogP contribution in [0.25, 0.3) is 0 Å². The largest absolute Gasteiger partial charge is 0.395 e. The van der Waals surface area contributed by atoms with Crippen LogP contribution in [-0.2, 0) is 6.54 Å². The summed E-state index contributed by atoms with van der Waals surface area (Å²) in [5.74, 6) is 0. The van der Waals surface area contributed by atoms with Crippen molar-refractivity contribution in [1.82, 2.24) is 4.90 Å². The fourth-order valence-electron chi connectivity index (χ4n) is 1.97. The number of rotatable bonds is 3. The van der Waals surface area contributed by atoms with Crippen molar-refractivity contribution in [3.63, 3.8) is 0 Å². The summed E-state index contributed by atoms with van der Waals surface area (Å²) in [7, 11) is 0. The Morgan fingerprint density at radius 3 is 3.14 bits per heavy atom. The van der Waals surface area contributed by atoms with E-state index in [9.17, 15) is 5.11 Å². The summed E-state index contributed by atoms with van der Waals surface area (Å²) < 4.78 is 1.19. The number of likely N-dealkylation sites (tertiary alicyclic amines) is 1. The van der Waals surface area contributed by atoms with Crippen molar-refractivity contribution in [1.29, 1.82) is 0 Å². The number of aliphatic hydroxyl groups excluding tert-OH is 1. The molecule has 1 fully saturated rings. The molecule has 0 spiro atoms. The van der Waals surface area contributed by atoms with Crippen LogP contribution >= 0.6 is 27.3 Å². The van der Waals surface area contributed by atoms with Gasteiger partial charge in [-0.25, -0.2) is 0 Å². The molecule has 1 aromatic rings. The molecule has 0 saturated carbocycles. The number of thiophene rings is 1. The van der Waals surface area contributed by atoms with Crippen LogP contribution in [0.1, 0.15) is 18.4 Å². The predicted octanol–water partition coefficient (Wildman–Crippen LogP) is 2.47. The van der Waals surface area contributed by atoms with Crippen LogP contribution in [0.4, 0.5) is 0 Å². The van der Waals surface area contributed by atoms with Gasteiger partial charge in [0, 0.05) is 12.6 Å². The van der Waals surface area contributed by atoms with E-state index in [1.807, 2.05) is 0 Å². The van der Waals surface area contributed by atoms with E-state index in [1.54, 1.807) is 11.3 Å². The highest BCUT2D eigenvalue weighted by molar-refractivity contribution is 9.11. The van der Waals surface area contributed by atoms with Crippen molar-refractivity contribution >= 4 is 27.3 Å². The Balaban J connectivity index is 1.96. The first-order valence-corrected chi connectivity index (χ1v) is 6.54. The van der Waals surface area contributed by atoms with Gasteiger partial charge >= 0.3 is 0 Å². The molecule has 1 atom stereocenters. The van der Waals surface area contributed by atoms with Crippen molar-refractivity contribution in [3.8, 4) is 0 Å². The minimum absolute atomic E-state index is 0.297. The van der Waals surface area contributed by atoms with Gasteiger partial charge in [0.05, 0.1) is 10.4 Å². The molecule has 14 heavy (non-hydrogen) atoms. The lowest BCUT2D eigenvalue weighted by Crippen LogP contribution is -2.31. The SMILES string of the molecule is OC[C@H]1CCCN1Cc1csc(Br)c1. The van der Waals surface area contributed by atoms with Crippen LogP contribution in [0.3, 0.4) is 0 Å². The number of aliphatic hydroxyl groups is 1. The van der Waals surface area contributed by atoms with Crippen LogP contribution < -0.4 is 0 Å². The fourth-order valence-corrected chi connectivity index (χ4v) is 3.17. The van der Waals surface area contributed by atoms with Gasteiger partial charge in [0.15, 0.2) is 0 Å². The molecule has 0 amide bonds. The Morgan fingerprint density at radius 2 is 2.50 bits per heavy atom. The van der Waals surface area contributed by atoms with Gasteiger partial charge in [-0.1, -0.05) is 0 Å². The molecular formula is C10H14BrNOS. The van der Waals surface area contributed by atoms with Gasteiger partial charge in [-0.2, -0.15) is 0 Å². The fraction of sp³-hybridized carbons (Fsp3) is 0.600. The molecule has 2 rings (SSSR count). The van der Waals surface area contributed by atoms with Crippen LogP contribution in [0, 0.1) is 0 Å². The Morgan fingerprint density at radius 1 is 1.64 bits per heavy atom. The van der Waals surface area contributed by atoms with Crippen molar-refractivity contribution in [2.45, 2.75) is 25.4 Å². The zero-order valence-corrected chi connectivity index (χ0v) is 10.4. The molecule has 0 aliphatic carbocycles. The minimum atomic E-state index is 0.297. The first kappa shape index (κ1) is 10.6. The van der Waals surface area contributed by atoms with Crippen molar-refractivity contribution in [3.05, 3.63) is 20.8 Å². The quantitative estimate of drug-likeness (QED) is 0.916. The number of nitrogens with zero attached hydrogens (tertiary/aromatic N) is 1. The number of hydrogen-bond donors (Lipinski definition) is 1. The van der Waals surface area contributed by atoms with Gasteiger partial charge in [0.25, 0.3) is 0 Å². The Bertz CT molecular complexity index is 302. The van der Waals surface area contributed by atoms with Gasteiger partial charge in [-0.3, -0.25) is 4.90 Å². The summed E-state index contributed by atoms with van der Waals surface area (Å²) in [5.41, 5.74) is 1.35. The molecule has 1 N–H and O–H groups in total. The average molecular weight is 276 g/mol. The first-order chi connectivity index (χ1) is 6.79. The van der Waals surface area contributed by atoms with Crippen molar-refractivity contribution < 1.29 is 5.11 Å². The molecule has 1 aromatic heterocycles. The predicted molar refractivity (Wildman–Crippen MR) is 62.5 cm³/mol. The van der Waals surface area contributed by atoms with E-state index in [1.165, 1.54) is 15.8 Å². The summed E-state index contributed by atoms with van der Waals surface area (Å²) in [6, 6.07) is 2.55. The van der Waals surface area contributed by atoms with E-state index >= 15 is 0 Å². The monoisotopic (exact) mass is 275 g/mol. The molecule has 0 aromatic carbocycles. The molecule has 0 unspecified atom stereocenters.